The number of rotatable bonds is 5. The van der Waals surface area contributed by atoms with E-state index in [0.717, 1.165) is 42.8 Å². The van der Waals surface area contributed by atoms with Crippen LogP contribution in [0.1, 0.15) is 44.0 Å². The summed E-state index contributed by atoms with van der Waals surface area (Å²) >= 11 is 0. The fraction of sp³-hybridized carbons (Fsp3) is 0.381. The Morgan fingerprint density at radius 1 is 1.21 bits per heavy atom. The molecule has 4 rings (SSSR count). The van der Waals surface area contributed by atoms with E-state index in [9.17, 15) is 4.79 Å². The van der Waals surface area contributed by atoms with Crippen molar-refractivity contribution in [2.24, 2.45) is 0 Å². The molecule has 1 aliphatic rings. The lowest BCUT2D eigenvalue weighted by Crippen LogP contribution is -2.42. The number of anilines is 1. The first-order valence-corrected chi connectivity index (χ1v) is 9.82. The Balaban J connectivity index is 1.52. The number of pyridine rings is 1. The molecule has 0 saturated carbocycles. The van der Waals surface area contributed by atoms with Crippen LogP contribution < -0.4 is 10.6 Å². The van der Waals surface area contributed by atoms with Crippen LogP contribution in [0.25, 0.3) is 5.52 Å². The number of likely N-dealkylation sites (tertiary alicyclic amines) is 1. The molecule has 28 heavy (non-hydrogen) atoms. The molecule has 0 radical (unpaired) electrons. The molecule has 1 saturated heterocycles. The zero-order chi connectivity index (χ0) is 19.5. The smallest absolute Gasteiger partial charge is 0.318 e. The normalized spacial score (nSPS) is 16.7. The fourth-order valence-electron chi connectivity index (χ4n) is 3.68. The largest absolute Gasteiger partial charge is 0.380 e. The molecule has 1 aromatic carbocycles. The summed E-state index contributed by atoms with van der Waals surface area (Å²) in [5.41, 5.74) is 4.01. The molecule has 3 heterocycles. The molecule has 146 valence electrons. The molecule has 2 amide bonds. The molecule has 0 bridgehead atoms. The maximum atomic E-state index is 12.5. The van der Waals surface area contributed by atoms with Gasteiger partial charge in [-0.05, 0) is 44.4 Å². The molecule has 0 spiro atoms. The van der Waals surface area contributed by atoms with E-state index in [1.807, 2.05) is 55.3 Å². The lowest BCUT2D eigenvalue weighted by Gasteiger charge is -2.24. The number of nitrogens with one attached hydrogen (secondary N) is 2. The van der Waals surface area contributed by atoms with Crippen LogP contribution in [0.15, 0.2) is 48.7 Å². The van der Waals surface area contributed by atoms with Gasteiger partial charge in [-0.25, -0.2) is 9.31 Å². The van der Waals surface area contributed by atoms with Crippen LogP contribution in [0.3, 0.4) is 0 Å². The Morgan fingerprint density at radius 2 is 2.04 bits per heavy atom. The van der Waals surface area contributed by atoms with Gasteiger partial charge >= 0.3 is 6.03 Å². The number of carbonyl (C=O) groups is 1. The van der Waals surface area contributed by atoms with Crippen molar-refractivity contribution >= 4 is 17.2 Å². The fourth-order valence-corrected chi connectivity index (χ4v) is 3.68. The molecular weight excluding hydrogens is 352 g/mol. The van der Waals surface area contributed by atoms with Crippen LogP contribution in [-0.2, 0) is 6.54 Å². The molecule has 0 aliphatic carbocycles. The second kappa shape index (κ2) is 7.88. The predicted octanol–water partition coefficient (Wildman–Crippen LogP) is 3.60. The lowest BCUT2D eigenvalue weighted by atomic mass is 10.1. The lowest BCUT2D eigenvalue weighted by molar-refractivity contribution is 0.190. The van der Waals surface area contributed by atoms with Gasteiger partial charge in [-0.3, -0.25) is 0 Å². The zero-order valence-corrected chi connectivity index (χ0v) is 16.3. The van der Waals surface area contributed by atoms with Crippen LogP contribution in [0.5, 0.6) is 0 Å². The minimum atomic E-state index is -0.0284. The highest BCUT2D eigenvalue weighted by molar-refractivity contribution is 5.76. The summed E-state index contributed by atoms with van der Waals surface area (Å²) in [6.45, 7) is 5.44. The topological polar surface area (TPSA) is 74.6 Å². The van der Waals surface area contributed by atoms with Crippen molar-refractivity contribution in [2.75, 3.05) is 11.9 Å². The van der Waals surface area contributed by atoms with Crippen LogP contribution >= 0.6 is 0 Å². The van der Waals surface area contributed by atoms with Crippen molar-refractivity contribution in [1.82, 2.24) is 25.0 Å². The number of carbonyl (C=O) groups excluding carboxylic acids is 1. The number of nitrogens with zero attached hydrogens (tertiary/aromatic N) is 4. The minimum Gasteiger partial charge on any atom is -0.380 e. The van der Waals surface area contributed by atoms with E-state index in [1.165, 1.54) is 5.56 Å². The summed E-state index contributed by atoms with van der Waals surface area (Å²) in [6, 6.07) is 14.4. The number of fused-ring (bicyclic) bond motifs is 1. The van der Waals surface area contributed by atoms with Gasteiger partial charge in [-0.1, -0.05) is 35.5 Å². The first-order valence-electron chi connectivity index (χ1n) is 9.82. The average molecular weight is 378 g/mol. The van der Waals surface area contributed by atoms with Crippen molar-refractivity contribution in [2.45, 2.75) is 45.3 Å². The Morgan fingerprint density at radius 3 is 2.82 bits per heavy atom. The minimum absolute atomic E-state index is 0.0280. The van der Waals surface area contributed by atoms with Crippen LogP contribution in [0, 0.1) is 0 Å². The van der Waals surface area contributed by atoms with Crippen LogP contribution in [-0.4, -0.2) is 38.3 Å². The van der Waals surface area contributed by atoms with Crippen LogP contribution in [0.2, 0.25) is 0 Å². The van der Waals surface area contributed by atoms with Gasteiger partial charge in [0.15, 0.2) is 0 Å². The molecular formula is C21H26N6O. The van der Waals surface area contributed by atoms with Crippen molar-refractivity contribution in [3.05, 3.63) is 59.9 Å². The summed E-state index contributed by atoms with van der Waals surface area (Å²) < 4.78 is 1.79. The average Bonchev–Trinajstić information content (AvgIpc) is 3.33. The van der Waals surface area contributed by atoms with Crippen molar-refractivity contribution in [3.63, 3.8) is 0 Å². The molecule has 1 aliphatic heterocycles. The molecule has 1 fully saturated rings. The van der Waals surface area contributed by atoms with Gasteiger partial charge in [0, 0.05) is 19.1 Å². The van der Waals surface area contributed by atoms with Gasteiger partial charge in [0.2, 0.25) is 0 Å². The Kier molecular flexibility index (Phi) is 5.14. The monoisotopic (exact) mass is 378 g/mol. The first kappa shape index (κ1) is 18.3. The summed E-state index contributed by atoms with van der Waals surface area (Å²) in [7, 11) is 0. The van der Waals surface area contributed by atoms with Gasteiger partial charge in [0.25, 0.3) is 0 Å². The third-order valence-corrected chi connectivity index (χ3v) is 5.02. The third-order valence-electron chi connectivity index (χ3n) is 5.02. The third kappa shape index (κ3) is 3.78. The molecule has 7 heteroatoms. The summed E-state index contributed by atoms with van der Waals surface area (Å²) in [4.78, 5) is 14.4. The Hall–Kier alpha value is -3.09. The molecule has 2 N–H and O–H groups in total. The number of urea groups is 1. The number of aromatic nitrogens is 3. The zero-order valence-electron chi connectivity index (χ0n) is 16.3. The van der Waals surface area contributed by atoms with E-state index in [1.54, 1.807) is 4.52 Å². The number of benzene rings is 1. The van der Waals surface area contributed by atoms with Crippen molar-refractivity contribution in [1.29, 1.82) is 0 Å². The van der Waals surface area contributed by atoms with Gasteiger partial charge in [-0.15, -0.1) is 5.10 Å². The molecule has 1 atom stereocenters. The summed E-state index contributed by atoms with van der Waals surface area (Å²) in [5, 5.41) is 15.1. The molecule has 3 aromatic rings. The van der Waals surface area contributed by atoms with E-state index in [4.69, 9.17) is 0 Å². The van der Waals surface area contributed by atoms with E-state index in [-0.39, 0.29) is 18.1 Å². The number of hydrogen-bond acceptors (Lipinski definition) is 4. The van der Waals surface area contributed by atoms with E-state index in [0.29, 0.717) is 0 Å². The number of amides is 2. The Labute approximate surface area is 164 Å². The number of hydrogen-bond donors (Lipinski definition) is 2. The summed E-state index contributed by atoms with van der Waals surface area (Å²) in [6.07, 6.45) is 3.84. The van der Waals surface area contributed by atoms with E-state index in [2.05, 4.69) is 33.1 Å². The highest BCUT2D eigenvalue weighted by atomic mass is 16.2. The highest BCUT2D eigenvalue weighted by Crippen LogP contribution is 2.33. The van der Waals surface area contributed by atoms with Gasteiger partial charge < -0.3 is 15.5 Å². The van der Waals surface area contributed by atoms with Gasteiger partial charge in [0.05, 0.1) is 23.4 Å². The van der Waals surface area contributed by atoms with Crippen LogP contribution in [0.4, 0.5) is 10.5 Å². The quantitative estimate of drug-likeness (QED) is 0.711. The highest BCUT2D eigenvalue weighted by Gasteiger charge is 2.33. The van der Waals surface area contributed by atoms with Gasteiger partial charge in [0.1, 0.15) is 5.69 Å². The molecule has 7 nitrogen and oxygen atoms in total. The SMILES string of the molecule is CC(C)NC(=O)N1CCC[C@@H]1c1nnn2cc(NCc3ccccc3)ccc12. The maximum absolute atomic E-state index is 12.5. The summed E-state index contributed by atoms with van der Waals surface area (Å²) in [5.74, 6) is 0. The van der Waals surface area contributed by atoms with E-state index < -0.39 is 0 Å². The van der Waals surface area contributed by atoms with Gasteiger partial charge in [-0.2, -0.15) is 0 Å². The first-order chi connectivity index (χ1) is 13.6. The standard InChI is InChI=1S/C21H26N6O/c1-15(2)23-21(28)26-12-6-9-18(26)20-19-11-10-17(14-27(19)25-24-20)22-13-16-7-4-3-5-8-16/h3-5,7-8,10-11,14-15,18,22H,6,9,12-13H2,1-2H3,(H,23,28)/t18-/m1/s1. The molecule has 0 unspecified atom stereocenters. The second-order valence-electron chi connectivity index (χ2n) is 7.52. The van der Waals surface area contributed by atoms with Crippen molar-refractivity contribution < 1.29 is 4.79 Å². The molecule has 2 aromatic heterocycles. The van der Waals surface area contributed by atoms with Crippen molar-refractivity contribution in [3.8, 4) is 0 Å². The second-order valence-corrected chi connectivity index (χ2v) is 7.52. The predicted molar refractivity (Wildman–Crippen MR) is 109 cm³/mol. The van der Waals surface area contributed by atoms with E-state index >= 15 is 0 Å². The Bertz CT molecular complexity index is 952. The maximum Gasteiger partial charge on any atom is 0.318 e.